The summed E-state index contributed by atoms with van der Waals surface area (Å²) in [6, 6.07) is 6.84. The average molecular weight is 190 g/mol. The molecule has 14 heavy (non-hydrogen) atoms. The number of nitrogens with zero attached hydrogens (tertiary/aromatic N) is 1. The van der Waals surface area contributed by atoms with E-state index >= 15 is 0 Å². The van der Waals surface area contributed by atoms with Gasteiger partial charge >= 0.3 is 0 Å². The van der Waals surface area contributed by atoms with E-state index < -0.39 is 0 Å². The molecule has 0 saturated carbocycles. The molecule has 1 aliphatic heterocycles. The summed E-state index contributed by atoms with van der Waals surface area (Å²) in [4.78, 5) is 2.44. The Labute approximate surface area is 85.7 Å². The predicted molar refractivity (Wildman–Crippen MR) is 61.7 cm³/mol. The maximum atomic E-state index is 6.01. The second-order valence-electron chi connectivity index (χ2n) is 4.06. The summed E-state index contributed by atoms with van der Waals surface area (Å²) < 4.78 is 0. The van der Waals surface area contributed by atoms with Crippen LogP contribution in [-0.2, 0) is 6.42 Å². The van der Waals surface area contributed by atoms with E-state index in [1.54, 1.807) is 0 Å². The zero-order valence-corrected chi connectivity index (χ0v) is 8.96. The van der Waals surface area contributed by atoms with Gasteiger partial charge in [0, 0.05) is 12.6 Å². The summed E-state index contributed by atoms with van der Waals surface area (Å²) in [5.74, 6) is 0. The molecule has 1 aliphatic rings. The topological polar surface area (TPSA) is 29.3 Å². The zero-order chi connectivity index (χ0) is 10.1. The molecule has 0 bridgehead atoms. The SMILES string of the molecule is CCC(C)N1CCc2cccc(N)c21. The van der Waals surface area contributed by atoms with Crippen LogP contribution in [0.5, 0.6) is 0 Å². The van der Waals surface area contributed by atoms with Crippen LogP contribution in [0.2, 0.25) is 0 Å². The van der Waals surface area contributed by atoms with E-state index in [2.05, 4.69) is 24.8 Å². The molecule has 1 aromatic carbocycles. The van der Waals surface area contributed by atoms with Gasteiger partial charge in [-0.25, -0.2) is 0 Å². The van der Waals surface area contributed by atoms with Gasteiger partial charge in [-0.15, -0.1) is 0 Å². The van der Waals surface area contributed by atoms with Crippen LogP contribution in [0, 0.1) is 0 Å². The lowest BCUT2D eigenvalue weighted by Gasteiger charge is -2.27. The van der Waals surface area contributed by atoms with E-state index in [-0.39, 0.29) is 0 Å². The standard InChI is InChI=1S/C12H18N2/c1-3-9(2)14-8-7-10-5-4-6-11(13)12(10)14/h4-6,9H,3,7-8,13H2,1-2H3. The van der Waals surface area contributed by atoms with Crippen LogP contribution < -0.4 is 10.6 Å². The Morgan fingerprint density at radius 1 is 1.50 bits per heavy atom. The van der Waals surface area contributed by atoms with Gasteiger partial charge in [-0.3, -0.25) is 0 Å². The van der Waals surface area contributed by atoms with Gasteiger partial charge < -0.3 is 10.6 Å². The van der Waals surface area contributed by atoms with E-state index in [1.807, 2.05) is 12.1 Å². The molecule has 0 fully saturated rings. The number of nitrogens with two attached hydrogens (primary N) is 1. The van der Waals surface area contributed by atoms with Crippen molar-refractivity contribution in [1.29, 1.82) is 0 Å². The molecule has 0 aliphatic carbocycles. The molecule has 2 heteroatoms. The Morgan fingerprint density at radius 2 is 2.29 bits per heavy atom. The second-order valence-corrected chi connectivity index (χ2v) is 4.06. The van der Waals surface area contributed by atoms with Crippen molar-refractivity contribution in [3.05, 3.63) is 23.8 Å². The Balaban J connectivity index is 2.38. The number of anilines is 2. The first-order chi connectivity index (χ1) is 6.74. The van der Waals surface area contributed by atoms with E-state index in [9.17, 15) is 0 Å². The molecule has 1 unspecified atom stereocenters. The highest BCUT2D eigenvalue weighted by atomic mass is 15.2. The van der Waals surface area contributed by atoms with E-state index in [0.717, 1.165) is 18.7 Å². The number of nitrogen functional groups attached to an aromatic ring is 1. The fourth-order valence-corrected chi connectivity index (χ4v) is 2.18. The molecule has 1 atom stereocenters. The normalized spacial score (nSPS) is 16.9. The molecule has 76 valence electrons. The minimum atomic E-state index is 0.598. The summed E-state index contributed by atoms with van der Waals surface area (Å²) in [6.07, 6.45) is 2.32. The molecular formula is C12H18N2. The number of hydrogen-bond donors (Lipinski definition) is 1. The monoisotopic (exact) mass is 190 g/mol. The second kappa shape index (κ2) is 3.52. The van der Waals surface area contributed by atoms with Crippen LogP contribution in [0.25, 0.3) is 0 Å². The number of benzene rings is 1. The number of hydrogen-bond acceptors (Lipinski definition) is 2. The molecule has 2 N–H and O–H groups in total. The first-order valence-electron chi connectivity index (χ1n) is 5.38. The van der Waals surface area contributed by atoms with E-state index in [0.29, 0.717) is 6.04 Å². The molecule has 0 radical (unpaired) electrons. The van der Waals surface area contributed by atoms with Crippen molar-refractivity contribution in [1.82, 2.24) is 0 Å². The fourth-order valence-electron chi connectivity index (χ4n) is 2.18. The lowest BCUT2D eigenvalue weighted by atomic mass is 10.1. The predicted octanol–water partition coefficient (Wildman–Crippen LogP) is 2.43. The fraction of sp³-hybridized carbons (Fsp3) is 0.500. The summed E-state index contributed by atoms with van der Waals surface area (Å²) >= 11 is 0. The van der Waals surface area contributed by atoms with Crippen LogP contribution >= 0.6 is 0 Å². The molecular weight excluding hydrogens is 172 g/mol. The number of fused-ring (bicyclic) bond motifs is 1. The summed E-state index contributed by atoms with van der Waals surface area (Å²) in [5, 5.41) is 0. The van der Waals surface area contributed by atoms with Gasteiger partial charge in [-0.05, 0) is 31.4 Å². The molecule has 0 amide bonds. The largest absolute Gasteiger partial charge is 0.397 e. The van der Waals surface area contributed by atoms with Crippen LogP contribution in [-0.4, -0.2) is 12.6 Å². The van der Waals surface area contributed by atoms with Crippen molar-refractivity contribution in [2.24, 2.45) is 0 Å². The quantitative estimate of drug-likeness (QED) is 0.726. The van der Waals surface area contributed by atoms with Crippen LogP contribution in [0.4, 0.5) is 11.4 Å². The third-order valence-electron chi connectivity index (χ3n) is 3.18. The molecule has 0 saturated heterocycles. The smallest absolute Gasteiger partial charge is 0.0635 e. The Bertz CT molecular complexity index is 333. The summed E-state index contributed by atoms with van der Waals surface area (Å²) in [7, 11) is 0. The molecule has 1 aromatic rings. The number of para-hydroxylation sites is 1. The Hall–Kier alpha value is -1.18. The van der Waals surface area contributed by atoms with Gasteiger partial charge in [0.05, 0.1) is 11.4 Å². The van der Waals surface area contributed by atoms with Crippen molar-refractivity contribution < 1.29 is 0 Å². The Morgan fingerprint density at radius 3 is 3.00 bits per heavy atom. The minimum absolute atomic E-state index is 0.598. The van der Waals surface area contributed by atoms with Gasteiger partial charge in [-0.2, -0.15) is 0 Å². The summed E-state index contributed by atoms with van der Waals surface area (Å²) in [6.45, 7) is 5.61. The highest BCUT2D eigenvalue weighted by Gasteiger charge is 2.23. The molecule has 1 heterocycles. The lowest BCUT2D eigenvalue weighted by molar-refractivity contribution is 0.636. The number of rotatable bonds is 2. The third kappa shape index (κ3) is 1.35. The molecule has 2 rings (SSSR count). The van der Waals surface area contributed by atoms with Crippen LogP contribution in [0.15, 0.2) is 18.2 Å². The van der Waals surface area contributed by atoms with Crippen molar-refractivity contribution in [2.75, 3.05) is 17.2 Å². The zero-order valence-electron chi connectivity index (χ0n) is 8.96. The van der Waals surface area contributed by atoms with Gasteiger partial charge in [0.1, 0.15) is 0 Å². The highest BCUT2D eigenvalue weighted by Crippen LogP contribution is 2.35. The van der Waals surface area contributed by atoms with Gasteiger partial charge in [-0.1, -0.05) is 19.1 Å². The minimum Gasteiger partial charge on any atom is -0.397 e. The van der Waals surface area contributed by atoms with Crippen molar-refractivity contribution >= 4 is 11.4 Å². The third-order valence-corrected chi connectivity index (χ3v) is 3.18. The van der Waals surface area contributed by atoms with Gasteiger partial charge in [0.25, 0.3) is 0 Å². The highest BCUT2D eigenvalue weighted by molar-refractivity contribution is 5.74. The van der Waals surface area contributed by atoms with Crippen molar-refractivity contribution in [3.8, 4) is 0 Å². The summed E-state index contributed by atoms with van der Waals surface area (Å²) in [5.41, 5.74) is 9.63. The van der Waals surface area contributed by atoms with Gasteiger partial charge in [0.2, 0.25) is 0 Å². The average Bonchev–Trinajstić information content (AvgIpc) is 2.62. The maximum Gasteiger partial charge on any atom is 0.0635 e. The van der Waals surface area contributed by atoms with Crippen molar-refractivity contribution in [2.45, 2.75) is 32.7 Å². The Kier molecular flexibility index (Phi) is 2.36. The van der Waals surface area contributed by atoms with Crippen LogP contribution in [0.3, 0.4) is 0 Å². The molecule has 2 nitrogen and oxygen atoms in total. The molecule has 0 aromatic heterocycles. The molecule has 0 spiro atoms. The lowest BCUT2D eigenvalue weighted by Crippen LogP contribution is -2.31. The van der Waals surface area contributed by atoms with Crippen molar-refractivity contribution in [3.63, 3.8) is 0 Å². The van der Waals surface area contributed by atoms with Crippen LogP contribution in [0.1, 0.15) is 25.8 Å². The first kappa shape index (κ1) is 9.38. The maximum absolute atomic E-state index is 6.01. The van der Waals surface area contributed by atoms with E-state index in [4.69, 9.17) is 5.73 Å². The van der Waals surface area contributed by atoms with E-state index in [1.165, 1.54) is 17.7 Å². The first-order valence-corrected chi connectivity index (χ1v) is 5.38. The van der Waals surface area contributed by atoms with Gasteiger partial charge in [0.15, 0.2) is 0 Å².